The standard InChI is InChI=1S/C11H9F3N4/c12-11(13,14)10-2-1-9(6-18-10)17-5-8-3-15-7-16-4-8/h1-4,6-7,17H,5H2. The Balaban J connectivity index is 1.99. The fraction of sp³-hybridized carbons (Fsp3) is 0.182. The van der Waals surface area contributed by atoms with E-state index in [1.54, 1.807) is 12.4 Å². The number of hydrogen-bond acceptors (Lipinski definition) is 4. The second kappa shape index (κ2) is 4.99. The highest BCUT2D eigenvalue weighted by atomic mass is 19.4. The lowest BCUT2D eigenvalue weighted by Crippen LogP contribution is -2.08. The fourth-order valence-electron chi connectivity index (χ4n) is 1.29. The number of pyridine rings is 1. The van der Waals surface area contributed by atoms with Gasteiger partial charge in [-0.15, -0.1) is 0 Å². The van der Waals surface area contributed by atoms with E-state index in [9.17, 15) is 13.2 Å². The number of hydrogen-bond donors (Lipinski definition) is 1. The molecule has 0 aliphatic carbocycles. The first-order valence-electron chi connectivity index (χ1n) is 5.07. The minimum Gasteiger partial charge on any atom is -0.380 e. The van der Waals surface area contributed by atoms with Crippen LogP contribution >= 0.6 is 0 Å². The first-order valence-corrected chi connectivity index (χ1v) is 5.07. The molecule has 1 N–H and O–H groups in total. The molecule has 7 heteroatoms. The minimum absolute atomic E-state index is 0.424. The van der Waals surface area contributed by atoms with Crippen LogP contribution in [0.15, 0.2) is 37.1 Å². The molecule has 0 aliphatic rings. The number of halogens is 3. The van der Waals surface area contributed by atoms with Crippen LogP contribution in [0, 0.1) is 0 Å². The third kappa shape index (κ3) is 3.16. The Labute approximate surface area is 101 Å². The SMILES string of the molecule is FC(F)(F)c1ccc(NCc2cncnc2)cn1. The van der Waals surface area contributed by atoms with E-state index in [4.69, 9.17) is 0 Å². The van der Waals surface area contributed by atoms with Crippen LogP contribution in [0.25, 0.3) is 0 Å². The molecule has 0 bridgehead atoms. The van der Waals surface area contributed by atoms with Crippen molar-refractivity contribution >= 4 is 5.69 Å². The van der Waals surface area contributed by atoms with Gasteiger partial charge >= 0.3 is 6.18 Å². The predicted molar refractivity (Wildman–Crippen MR) is 58.6 cm³/mol. The van der Waals surface area contributed by atoms with E-state index in [0.717, 1.165) is 17.8 Å². The highest BCUT2D eigenvalue weighted by molar-refractivity contribution is 5.41. The molecular weight excluding hydrogens is 245 g/mol. The van der Waals surface area contributed by atoms with E-state index in [2.05, 4.69) is 20.3 Å². The second-order valence-electron chi connectivity index (χ2n) is 3.53. The zero-order valence-electron chi connectivity index (χ0n) is 9.15. The summed E-state index contributed by atoms with van der Waals surface area (Å²) in [7, 11) is 0. The lowest BCUT2D eigenvalue weighted by atomic mass is 10.3. The van der Waals surface area contributed by atoms with E-state index in [-0.39, 0.29) is 0 Å². The first kappa shape index (κ1) is 12.3. The zero-order chi connectivity index (χ0) is 13.0. The van der Waals surface area contributed by atoms with Crippen LogP contribution in [-0.2, 0) is 12.7 Å². The monoisotopic (exact) mass is 254 g/mol. The quantitative estimate of drug-likeness (QED) is 0.914. The lowest BCUT2D eigenvalue weighted by Gasteiger charge is -2.08. The minimum atomic E-state index is -4.41. The fourth-order valence-corrected chi connectivity index (χ4v) is 1.29. The van der Waals surface area contributed by atoms with Gasteiger partial charge in [-0.3, -0.25) is 0 Å². The summed E-state index contributed by atoms with van der Waals surface area (Å²) in [6.07, 6.45) is 1.39. The molecule has 0 saturated carbocycles. The maximum absolute atomic E-state index is 12.3. The predicted octanol–water partition coefficient (Wildman–Crippen LogP) is 2.50. The Morgan fingerprint density at radius 2 is 1.78 bits per heavy atom. The normalized spacial score (nSPS) is 11.3. The molecule has 4 nitrogen and oxygen atoms in total. The molecule has 2 heterocycles. The van der Waals surface area contributed by atoms with Crippen LogP contribution in [0.5, 0.6) is 0 Å². The van der Waals surface area contributed by atoms with Crippen molar-refractivity contribution in [2.24, 2.45) is 0 Å². The molecule has 0 unspecified atom stereocenters. The third-order valence-corrected chi connectivity index (χ3v) is 2.16. The van der Waals surface area contributed by atoms with Gasteiger partial charge in [-0.2, -0.15) is 13.2 Å². The summed E-state index contributed by atoms with van der Waals surface area (Å²) in [5, 5.41) is 2.93. The van der Waals surface area contributed by atoms with Gasteiger partial charge in [0, 0.05) is 24.5 Å². The second-order valence-corrected chi connectivity index (χ2v) is 3.53. The molecule has 0 aliphatic heterocycles. The molecule has 0 atom stereocenters. The number of aromatic nitrogens is 3. The molecule has 94 valence electrons. The molecule has 2 aromatic rings. The van der Waals surface area contributed by atoms with Crippen LogP contribution in [0.2, 0.25) is 0 Å². The van der Waals surface area contributed by atoms with Crippen molar-refractivity contribution < 1.29 is 13.2 Å². The van der Waals surface area contributed by atoms with Gasteiger partial charge in [-0.1, -0.05) is 0 Å². The molecule has 0 amide bonds. The van der Waals surface area contributed by atoms with E-state index in [1.807, 2.05) is 0 Å². The van der Waals surface area contributed by atoms with E-state index >= 15 is 0 Å². The number of rotatable bonds is 3. The summed E-state index contributed by atoms with van der Waals surface area (Å²) in [5.41, 5.74) is 0.431. The van der Waals surface area contributed by atoms with E-state index in [0.29, 0.717) is 12.2 Å². The van der Waals surface area contributed by atoms with Crippen LogP contribution in [0.3, 0.4) is 0 Å². The van der Waals surface area contributed by atoms with Crippen molar-refractivity contribution in [1.82, 2.24) is 15.0 Å². The molecular formula is C11H9F3N4. The summed E-state index contributed by atoms with van der Waals surface area (Å²) in [5.74, 6) is 0. The van der Waals surface area contributed by atoms with Gasteiger partial charge in [0.1, 0.15) is 12.0 Å². The van der Waals surface area contributed by atoms with Gasteiger partial charge in [-0.25, -0.2) is 15.0 Å². The van der Waals surface area contributed by atoms with Crippen molar-refractivity contribution in [2.75, 3.05) is 5.32 Å². The molecule has 0 aromatic carbocycles. The number of anilines is 1. The Kier molecular flexibility index (Phi) is 3.40. The molecule has 2 aromatic heterocycles. The number of nitrogens with one attached hydrogen (secondary N) is 1. The lowest BCUT2D eigenvalue weighted by molar-refractivity contribution is -0.141. The molecule has 0 radical (unpaired) electrons. The topological polar surface area (TPSA) is 50.7 Å². The van der Waals surface area contributed by atoms with Crippen molar-refractivity contribution in [3.05, 3.63) is 48.3 Å². The highest BCUT2D eigenvalue weighted by Crippen LogP contribution is 2.27. The van der Waals surface area contributed by atoms with Crippen molar-refractivity contribution in [2.45, 2.75) is 12.7 Å². The first-order chi connectivity index (χ1) is 8.55. The van der Waals surface area contributed by atoms with E-state index < -0.39 is 11.9 Å². The van der Waals surface area contributed by atoms with Gasteiger partial charge in [-0.05, 0) is 12.1 Å². The summed E-state index contributed by atoms with van der Waals surface area (Å²) >= 11 is 0. The Morgan fingerprint density at radius 3 is 2.33 bits per heavy atom. The average molecular weight is 254 g/mol. The van der Waals surface area contributed by atoms with Gasteiger partial charge < -0.3 is 5.32 Å². The molecule has 0 fully saturated rings. The number of nitrogens with zero attached hydrogens (tertiary/aromatic N) is 3. The van der Waals surface area contributed by atoms with Crippen LogP contribution in [0.1, 0.15) is 11.3 Å². The third-order valence-electron chi connectivity index (χ3n) is 2.16. The molecule has 2 rings (SSSR count). The maximum Gasteiger partial charge on any atom is 0.433 e. The van der Waals surface area contributed by atoms with Crippen molar-refractivity contribution in [3.63, 3.8) is 0 Å². The maximum atomic E-state index is 12.3. The molecule has 0 saturated heterocycles. The van der Waals surface area contributed by atoms with Crippen LogP contribution in [-0.4, -0.2) is 15.0 Å². The molecule has 18 heavy (non-hydrogen) atoms. The highest BCUT2D eigenvalue weighted by Gasteiger charge is 2.31. The van der Waals surface area contributed by atoms with Crippen molar-refractivity contribution in [1.29, 1.82) is 0 Å². The van der Waals surface area contributed by atoms with Gasteiger partial charge in [0.25, 0.3) is 0 Å². The summed E-state index contributed by atoms with van der Waals surface area (Å²) in [6.45, 7) is 0.424. The Bertz CT molecular complexity index is 496. The summed E-state index contributed by atoms with van der Waals surface area (Å²) in [6, 6.07) is 2.27. The van der Waals surface area contributed by atoms with Crippen LogP contribution in [0.4, 0.5) is 18.9 Å². The Hall–Kier alpha value is -2.18. The summed E-state index contributed by atoms with van der Waals surface area (Å²) < 4.78 is 36.8. The smallest absolute Gasteiger partial charge is 0.380 e. The summed E-state index contributed by atoms with van der Waals surface area (Å²) in [4.78, 5) is 11.0. The van der Waals surface area contributed by atoms with E-state index in [1.165, 1.54) is 12.4 Å². The van der Waals surface area contributed by atoms with Gasteiger partial charge in [0.15, 0.2) is 0 Å². The van der Waals surface area contributed by atoms with Gasteiger partial charge in [0.2, 0.25) is 0 Å². The average Bonchev–Trinajstić information content (AvgIpc) is 2.37. The molecule has 0 spiro atoms. The Morgan fingerprint density at radius 1 is 1.06 bits per heavy atom. The van der Waals surface area contributed by atoms with Crippen molar-refractivity contribution in [3.8, 4) is 0 Å². The number of alkyl halides is 3. The van der Waals surface area contributed by atoms with Gasteiger partial charge in [0.05, 0.1) is 11.9 Å². The zero-order valence-corrected chi connectivity index (χ0v) is 9.15. The largest absolute Gasteiger partial charge is 0.433 e. The van der Waals surface area contributed by atoms with Crippen LogP contribution < -0.4 is 5.32 Å².